The molecule has 0 aromatic carbocycles. The summed E-state index contributed by atoms with van der Waals surface area (Å²) < 4.78 is 0. The van der Waals surface area contributed by atoms with Crippen LogP contribution in [0, 0.1) is 11.8 Å². The summed E-state index contributed by atoms with van der Waals surface area (Å²) in [4.78, 5) is 0. The molecule has 2 heteroatoms. The molecule has 2 fully saturated rings. The van der Waals surface area contributed by atoms with Gasteiger partial charge < -0.3 is 10.4 Å². The van der Waals surface area contributed by atoms with Gasteiger partial charge in [0.15, 0.2) is 0 Å². The number of nitrogens with one attached hydrogen (secondary N) is 1. The van der Waals surface area contributed by atoms with Gasteiger partial charge in [0.25, 0.3) is 0 Å². The molecule has 2 aliphatic rings. The largest absolute Gasteiger partial charge is 0.392 e. The summed E-state index contributed by atoms with van der Waals surface area (Å²) in [6.07, 6.45) is 10.2. The molecule has 0 spiro atoms. The van der Waals surface area contributed by atoms with Crippen LogP contribution in [0.3, 0.4) is 0 Å². The first-order chi connectivity index (χ1) is 7.75. The summed E-state index contributed by atoms with van der Waals surface area (Å²) in [5.41, 5.74) is 0. The van der Waals surface area contributed by atoms with E-state index in [0.29, 0.717) is 6.04 Å². The smallest absolute Gasteiger partial charge is 0.0693 e. The lowest BCUT2D eigenvalue weighted by molar-refractivity contribution is 0.0870. The van der Waals surface area contributed by atoms with E-state index in [1.807, 2.05) is 0 Å². The van der Waals surface area contributed by atoms with E-state index >= 15 is 0 Å². The van der Waals surface area contributed by atoms with Crippen molar-refractivity contribution < 1.29 is 5.11 Å². The molecule has 2 nitrogen and oxygen atoms in total. The van der Waals surface area contributed by atoms with Gasteiger partial charge in [-0.1, -0.05) is 32.6 Å². The number of hydrogen-bond acceptors (Lipinski definition) is 2. The second-order valence-corrected chi connectivity index (χ2v) is 5.99. The summed E-state index contributed by atoms with van der Waals surface area (Å²) in [6.45, 7) is 3.50. The number of aliphatic hydroxyl groups is 1. The zero-order valence-corrected chi connectivity index (χ0v) is 10.6. The second kappa shape index (κ2) is 6.02. The minimum absolute atomic E-state index is 0.0868. The van der Waals surface area contributed by atoms with Crippen molar-refractivity contribution in [2.75, 3.05) is 6.54 Å². The van der Waals surface area contributed by atoms with E-state index in [4.69, 9.17) is 0 Å². The number of hydrogen-bond donors (Lipinski definition) is 2. The Kier molecular flexibility index (Phi) is 4.66. The van der Waals surface area contributed by atoms with Crippen LogP contribution < -0.4 is 5.32 Å². The van der Waals surface area contributed by atoms with E-state index in [1.165, 1.54) is 44.9 Å². The molecule has 0 amide bonds. The maximum absolute atomic E-state index is 9.88. The predicted molar refractivity (Wildman–Crippen MR) is 67.4 cm³/mol. The van der Waals surface area contributed by atoms with Crippen molar-refractivity contribution in [1.29, 1.82) is 0 Å². The number of aliphatic hydroxyl groups excluding tert-OH is 1. The minimum Gasteiger partial charge on any atom is -0.392 e. The van der Waals surface area contributed by atoms with Gasteiger partial charge in [0, 0.05) is 6.04 Å². The minimum atomic E-state index is -0.0868. The zero-order valence-electron chi connectivity index (χ0n) is 10.6. The van der Waals surface area contributed by atoms with Crippen molar-refractivity contribution in [3.8, 4) is 0 Å². The van der Waals surface area contributed by atoms with E-state index in [1.54, 1.807) is 0 Å². The lowest BCUT2D eigenvalue weighted by Gasteiger charge is -2.32. The van der Waals surface area contributed by atoms with Gasteiger partial charge in [-0.25, -0.2) is 0 Å². The van der Waals surface area contributed by atoms with E-state index in [-0.39, 0.29) is 6.10 Å². The Hall–Kier alpha value is -0.0800. The van der Waals surface area contributed by atoms with Crippen molar-refractivity contribution in [1.82, 2.24) is 5.32 Å². The highest BCUT2D eigenvalue weighted by Gasteiger charge is 2.24. The third-order valence-corrected chi connectivity index (χ3v) is 4.53. The molecule has 2 rings (SSSR count). The molecule has 2 saturated carbocycles. The maximum atomic E-state index is 9.88. The van der Waals surface area contributed by atoms with Gasteiger partial charge in [-0.05, 0) is 44.1 Å². The third kappa shape index (κ3) is 3.46. The van der Waals surface area contributed by atoms with Crippen LogP contribution in [-0.4, -0.2) is 23.8 Å². The average molecular weight is 225 g/mol. The highest BCUT2D eigenvalue weighted by molar-refractivity contribution is 4.82. The van der Waals surface area contributed by atoms with Crippen molar-refractivity contribution >= 4 is 0 Å². The molecule has 0 radical (unpaired) electrons. The summed E-state index contributed by atoms with van der Waals surface area (Å²) in [5.74, 6) is 1.81. The Morgan fingerprint density at radius 3 is 2.38 bits per heavy atom. The van der Waals surface area contributed by atoms with Gasteiger partial charge in [0.2, 0.25) is 0 Å². The van der Waals surface area contributed by atoms with Crippen molar-refractivity contribution in [2.24, 2.45) is 11.8 Å². The van der Waals surface area contributed by atoms with Gasteiger partial charge in [-0.2, -0.15) is 0 Å². The average Bonchev–Trinajstić information content (AvgIpc) is 2.30. The molecule has 2 aliphatic carbocycles. The molecule has 0 aromatic rings. The van der Waals surface area contributed by atoms with Gasteiger partial charge >= 0.3 is 0 Å². The van der Waals surface area contributed by atoms with Crippen LogP contribution >= 0.6 is 0 Å². The van der Waals surface area contributed by atoms with E-state index in [9.17, 15) is 5.11 Å². The van der Waals surface area contributed by atoms with Gasteiger partial charge in [-0.3, -0.25) is 0 Å². The fraction of sp³-hybridized carbons (Fsp3) is 1.00. The lowest BCUT2D eigenvalue weighted by Crippen LogP contribution is -2.44. The Morgan fingerprint density at radius 2 is 1.69 bits per heavy atom. The first-order valence-electron chi connectivity index (χ1n) is 7.17. The van der Waals surface area contributed by atoms with Crippen LogP contribution in [0.25, 0.3) is 0 Å². The van der Waals surface area contributed by atoms with Gasteiger partial charge in [0.05, 0.1) is 6.10 Å². The first-order valence-corrected chi connectivity index (χ1v) is 7.17. The molecule has 0 bridgehead atoms. The Labute approximate surface area is 99.8 Å². The van der Waals surface area contributed by atoms with Crippen molar-refractivity contribution in [3.05, 3.63) is 0 Å². The molecule has 2 unspecified atom stereocenters. The highest BCUT2D eigenvalue weighted by atomic mass is 16.3. The fourth-order valence-electron chi connectivity index (χ4n) is 3.20. The van der Waals surface area contributed by atoms with Gasteiger partial charge in [-0.15, -0.1) is 0 Å². The van der Waals surface area contributed by atoms with Crippen LogP contribution in [0.4, 0.5) is 0 Å². The monoisotopic (exact) mass is 225 g/mol. The first kappa shape index (κ1) is 12.4. The summed E-state index contributed by atoms with van der Waals surface area (Å²) in [6, 6.07) is 0.382. The molecule has 0 heterocycles. The molecular formula is C14H27NO. The Balaban J connectivity index is 1.66. The third-order valence-electron chi connectivity index (χ3n) is 4.53. The zero-order chi connectivity index (χ0) is 11.4. The van der Waals surface area contributed by atoms with E-state index in [2.05, 4.69) is 12.2 Å². The van der Waals surface area contributed by atoms with Gasteiger partial charge in [0.1, 0.15) is 0 Å². The van der Waals surface area contributed by atoms with Crippen molar-refractivity contribution in [3.63, 3.8) is 0 Å². The topological polar surface area (TPSA) is 32.3 Å². The Bertz CT molecular complexity index is 199. The molecule has 94 valence electrons. The highest BCUT2D eigenvalue weighted by Crippen LogP contribution is 2.28. The predicted octanol–water partition coefficient (Wildman–Crippen LogP) is 2.71. The molecule has 2 N–H and O–H groups in total. The van der Waals surface area contributed by atoms with E-state index < -0.39 is 0 Å². The fourth-order valence-corrected chi connectivity index (χ4v) is 3.20. The molecular weight excluding hydrogens is 198 g/mol. The molecule has 0 aliphatic heterocycles. The van der Waals surface area contributed by atoms with Crippen LogP contribution in [-0.2, 0) is 0 Å². The summed E-state index contributed by atoms with van der Waals surface area (Å²) in [5, 5.41) is 13.5. The summed E-state index contributed by atoms with van der Waals surface area (Å²) >= 11 is 0. The lowest BCUT2D eigenvalue weighted by atomic mass is 9.82. The van der Waals surface area contributed by atoms with Crippen molar-refractivity contribution in [2.45, 2.75) is 70.4 Å². The summed E-state index contributed by atoms with van der Waals surface area (Å²) in [7, 11) is 0. The molecule has 0 aromatic heterocycles. The van der Waals surface area contributed by atoms with E-state index in [0.717, 1.165) is 24.8 Å². The van der Waals surface area contributed by atoms with Crippen LogP contribution in [0.1, 0.15) is 58.3 Å². The normalized spacial score (nSPS) is 40.9. The second-order valence-electron chi connectivity index (χ2n) is 5.99. The molecule has 2 atom stereocenters. The standard InChI is InChI=1S/C14H27NO/c1-11-6-8-12(9-7-11)10-15-13-4-2-3-5-14(13)16/h11-16H,2-10H2,1H3. The van der Waals surface area contributed by atoms with Crippen LogP contribution in [0.15, 0.2) is 0 Å². The van der Waals surface area contributed by atoms with Crippen LogP contribution in [0.5, 0.6) is 0 Å². The number of rotatable bonds is 3. The maximum Gasteiger partial charge on any atom is 0.0693 e. The Morgan fingerprint density at radius 1 is 1.00 bits per heavy atom. The molecule has 16 heavy (non-hydrogen) atoms. The SMILES string of the molecule is CC1CCC(CNC2CCCCC2O)CC1. The quantitative estimate of drug-likeness (QED) is 0.774. The molecule has 0 saturated heterocycles. The van der Waals surface area contributed by atoms with Crippen LogP contribution in [0.2, 0.25) is 0 Å².